The summed E-state index contributed by atoms with van der Waals surface area (Å²) in [4.78, 5) is 0. The Morgan fingerprint density at radius 3 is 2.40 bits per heavy atom. The van der Waals surface area contributed by atoms with Crippen molar-refractivity contribution in [1.29, 1.82) is 0 Å². The molecule has 0 aromatic heterocycles. The second-order valence-electron chi connectivity index (χ2n) is 3.71. The van der Waals surface area contributed by atoms with E-state index in [9.17, 15) is 0 Å². The zero-order valence-corrected chi connectivity index (χ0v) is 16.3. The van der Waals surface area contributed by atoms with Crippen molar-refractivity contribution in [3.05, 3.63) is 66.3 Å². The van der Waals surface area contributed by atoms with Crippen LogP contribution >= 0.6 is 0 Å². The van der Waals surface area contributed by atoms with Gasteiger partial charge in [0.05, 0.1) is 0 Å². The quantitative estimate of drug-likeness (QED) is 0.595. The first-order chi connectivity index (χ1) is 9.36. The van der Waals surface area contributed by atoms with Crippen LogP contribution in [0.2, 0.25) is 0 Å². The molecule has 1 heteroatoms. The van der Waals surface area contributed by atoms with Gasteiger partial charge in [-0.05, 0) is 0 Å². The molecule has 0 saturated heterocycles. The van der Waals surface area contributed by atoms with E-state index in [-0.39, 0.29) is 32.7 Å². The Morgan fingerprint density at radius 1 is 1.20 bits per heavy atom. The van der Waals surface area contributed by atoms with Crippen molar-refractivity contribution in [2.75, 3.05) is 0 Å². The van der Waals surface area contributed by atoms with Gasteiger partial charge in [0.2, 0.25) is 0 Å². The summed E-state index contributed by atoms with van der Waals surface area (Å²) in [6.07, 6.45) is 8.28. The molecule has 1 aromatic rings. The van der Waals surface area contributed by atoms with E-state index in [0.717, 1.165) is 30.4 Å². The predicted molar refractivity (Wildman–Crippen MR) is 86.9 cm³/mol. The molecule has 0 saturated carbocycles. The van der Waals surface area contributed by atoms with Gasteiger partial charge >= 0.3 is 0 Å². The van der Waals surface area contributed by atoms with Gasteiger partial charge in [-0.3, -0.25) is 11.1 Å². The van der Waals surface area contributed by atoms with Gasteiger partial charge in [0, 0.05) is 32.7 Å². The van der Waals surface area contributed by atoms with E-state index in [2.05, 4.69) is 31.4 Å². The number of fused-ring (bicyclic) bond motifs is 1. The zero-order valence-electron chi connectivity index (χ0n) is 13.4. The van der Waals surface area contributed by atoms with Crippen LogP contribution in [0.25, 0.3) is 5.57 Å². The molecule has 2 rings (SSSR count). The fraction of sp³-hybridized carbons (Fsp3) is 0.368. The standard InChI is InChI=1S/C15H14.2C2H6.Y/c1-3-12-9-7-10-13-8-5-6-11-15(13)14(12)4-2;2*1-2;/h3,5-6,8H,1-2,7,9-10H2;2*1-2H3;/q-2;;;. The summed E-state index contributed by atoms with van der Waals surface area (Å²) < 4.78 is 0. The van der Waals surface area contributed by atoms with E-state index >= 15 is 0 Å². The van der Waals surface area contributed by atoms with Crippen molar-refractivity contribution >= 4 is 5.57 Å². The van der Waals surface area contributed by atoms with Crippen molar-refractivity contribution in [3.8, 4) is 0 Å². The fourth-order valence-corrected chi connectivity index (χ4v) is 2.07. The van der Waals surface area contributed by atoms with Gasteiger partial charge in [0.1, 0.15) is 0 Å². The van der Waals surface area contributed by atoms with Gasteiger partial charge < -0.3 is 0 Å². The van der Waals surface area contributed by atoms with Gasteiger partial charge in [-0.15, -0.1) is 18.7 Å². The minimum Gasteiger partial charge on any atom is -0.266 e. The molecule has 1 aliphatic rings. The second kappa shape index (κ2) is 13.5. The molecule has 0 heterocycles. The van der Waals surface area contributed by atoms with Gasteiger partial charge in [0.25, 0.3) is 0 Å². The molecule has 0 amide bonds. The maximum atomic E-state index is 3.86. The number of hydrogen-bond acceptors (Lipinski definition) is 0. The molecule has 0 spiro atoms. The zero-order chi connectivity index (χ0) is 14.7. The van der Waals surface area contributed by atoms with Crippen molar-refractivity contribution in [2.45, 2.75) is 47.0 Å². The molecule has 20 heavy (non-hydrogen) atoms. The fourth-order valence-electron chi connectivity index (χ4n) is 2.07. The van der Waals surface area contributed by atoms with Crippen molar-refractivity contribution in [2.24, 2.45) is 0 Å². The Kier molecular flexibility index (Phi) is 14.8. The van der Waals surface area contributed by atoms with Crippen LogP contribution in [0.4, 0.5) is 0 Å². The Labute approximate surface area is 150 Å². The van der Waals surface area contributed by atoms with E-state index in [1.165, 1.54) is 11.1 Å². The molecule has 0 fully saturated rings. The molecule has 0 aliphatic heterocycles. The normalized spacial score (nSPS) is 12.2. The Bertz CT molecular complexity index is 427. The van der Waals surface area contributed by atoms with E-state index < -0.39 is 0 Å². The molecule has 1 aliphatic carbocycles. The van der Waals surface area contributed by atoms with E-state index in [1.54, 1.807) is 0 Å². The second-order valence-corrected chi connectivity index (χ2v) is 3.71. The third kappa shape index (κ3) is 5.89. The summed E-state index contributed by atoms with van der Waals surface area (Å²) in [5.41, 5.74) is 4.82. The van der Waals surface area contributed by atoms with E-state index in [1.807, 2.05) is 45.9 Å². The summed E-state index contributed by atoms with van der Waals surface area (Å²) in [6.45, 7) is 15.6. The van der Waals surface area contributed by atoms with Crippen molar-refractivity contribution < 1.29 is 32.7 Å². The van der Waals surface area contributed by atoms with Crippen LogP contribution in [-0.4, -0.2) is 0 Å². The van der Waals surface area contributed by atoms with Gasteiger partial charge in [-0.2, -0.15) is 29.8 Å². The summed E-state index contributed by atoms with van der Waals surface area (Å²) in [5, 5.41) is 0. The first-order valence-electron chi connectivity index (χ1n) is 7.25. The Balaban J connectivity index is 0. The monoisotopic (exact) mass is 343 g/mol. The Morgan fingerprint density at radius 2 is 1.85 bits per heavy atom. The first kappa shape index (κ1) is 21.8. The maximum Gasteiger partial charge on any atom is 0 e. The van der Waals surface area contributed by atoms with Crippen LogP contribution < -0.4 is 0 Å². The topological polar surface area (TPSA) is 0 Å². The van der Waals surface area contributed by atoms with Gasteiger partial charge in [-0.1, -0.05) is 47.0 Å². The number of benzene rings is 1. The molecule has 0 N–H and O–H groups in total. The summed E-state index contributed by atoms with van der Waals surface area (Å²) >= 11 is 0. The molecule has 1 radical (unpaired) electrons. The largest absolute Gasteiger partial charge is 0.266 e. The van der Waals surface area contributed by atoms with Gasteiger partial charge in [0.15, 0.2) is 0 Å². The minimum absolute atomic E-state index is 0. The smallest absolute Gasteiger partial charge is 0 e. The molecule has 1 aromatic carbocycles. The average molecular weight is 343 g/mol. The number of rotatable bonds is 2. The average Bonchev–Trinajstić information content (AvgIpc) is 2.69. The minimum atomic E-state index is 0. The first-order valence-corrected chi connectivity index (χ1v) is 7.25. The summed E-state index contributed by atoms with van der Waals surface area (Å²) in [6, 6.07) is 9.43. The van der Waals surface area contributed by atoms with Crippen molar-refractivity contribution in [3.63, 3.8) is 0 Å². The maximum absolute atomic E-state index is 3.86. The molecule has 107 valence electrons. The van der Waals surface area contributed by atoms with Crippen LogP contribution in [-0.2, 0) is 39.1 Å². The van der Waals surface area contributed by atoms with Crippen molar-refractivity contribution in [1.82, 2.24) is 0 Å². The van der Waals surface area contributed by atoms with Crippen LogP contribution in [0.5, 0.6) is 0 Å². The molecule has 0 bridgehead atoms. The van der Waals surface area contributed by atoms with Gasteiger partial charge in [-0.25, -0.2) is 12.1 Å². The molecule has 0 unspecified atom stereocenters. The van der Waals surface area contributed by atoms with Crippen LogP contribution in [0.1, 0.15) is 51.7 Å². The Hall–Kier alpha value is -0.456. The summed E-state index contributed by atoms with van der Waals surface area (Å²) in [5.74, 6) is 0. The summed E-state index contributed by atoms with van der Waals surface area (Å²) in [7, 11) is 0. The molecule has 0 atom stereocenters. The third-order valence-corrected chi connectivity index (χ3v) is 2.83. The van der Waals surface area contributed by atoms with Crippen LogP contribution in [0.3, 0.4) is 0 Å². The third-order valence-electron chi connectivity index (χ3n) is 2.83. The predicted octanol–water partition coefficient (Wildman–Crippen LogP) is 5.80. The molecular weight excluding hydrogens is 317 g/mol. The number of aryl methyl sites for hydroxylation is 1. The number of hydrogen-bond donors (Lipinski definition) is 0. The van der Waals surface area contributed by atoms with E-state index in [4.69, 9.17) is 0 Å². The number of allylic oxidation sites excluding steroid dienone is 4. The van der Waals surface area contributed by atoms with Crippen LogP contribution in [0, 0.1) is 12.1 Å². The molecular formula is C19H26Y-2. The van der Waals surface area contributed by atoms with Crippen LogP contribution in [0.15, 0.2) is 43.0 Å². The molecule has 0 nitrogen and oxygen atoms in total. The van der Waals surface area contributed by atoms with E-state index in [0.29, 0.717) is 0 Å². The SMILES string of the molecule is C=[C-]C1=C(C=C)CCCc2ccc[c-]c21.CC.CC.[Y].